The molecule has 0 bridgehead atoms. The maximum absolute atomic E-state index is 13.7. The van der Waals surface area contributed by atoms with Gasteiger partial charge < -0.3 is 19.9 Å². The minimum absolute atomic E-state index is 0.0438. The van der Waals surface area contributed by atoms with Crippen LogP contribution in [0.25, 0.3) is 0 Å². The Labute approximate surface area is 126 Å². The molecule has 124 valence electrons. The summed E-state index contributed by atoms with van der Waals surface area (Å²) in [6, 6.07) is 0.484. The van der Waals surface area contributed by atoms with Crippen molar-refractivity contribution in [1.29, 1.82) is 0 Å². The maximum Gasteiger partial charge on any atom is 0.408 e. The monoisotopic (exact) mass is 320 g/mol. The topological polar surface area (TPSA) is 54.0 Å². The van der Waals surface area contributed by atoms with Gasteiger partial charge >= 0.3 is 6.18 Å². The molecule has 2 rings (SSSR count). The van der Waals surface area contributed by atoms with Crippen molar-refractivity contribution in [3.63, 3.8) is 0 Å². The molecule has 0 radical (unpaired) electrons. The largest absolute Gasteiger partial charge is 0.508 e. The third-order valence-electron chi connectivity index (χ3n) is 3.63. The van der Waals surface area contributed by atoms with Gasteiger partial charge in [0.1, 0.15) is 23.3 Å². The normalized spacial score (nSPS) is 18.0. The molecule has 1 fully saturated rings. The molecule has 0 unspecified atom stereocenters. The molecule has 0 amide bonds. The van der Waals surface area contributed by atoms with Crippen molar-refractivity contribution in [3.05, 3.63) is 17.7 Å². The molecule has 5 nitrogen and oxygen atoms in total. The van der Waals surface area contributed by atoms with Crippen molar-refractivity contribution in [2.45, 2.75) is 12.2 Å². The lowest BCUT2D eigenvalue weighted by molar-refractivity contribution is -0.188. The van der Waals surface area contributed by atoms with Gasteiger partial charge in [-0.1, -0.05) is 0 Å². The van der Waals surface area contributed by atoms with E-state index in [1.54, 1.807) is 0 Å². The van der Waals surface area contributed by atoms with Crippen LogP contribution in [0.15, 0.2) is 12.1 Å². The number of rotatable bonds is 4. The number of ether oxygens (including phenoxy) is 2. The van der Waals surface area contributed by atoms with Gasteiger partial charge in [0, 0.05) is 38.3 Å². The van der Waals surface area contributed by atoms with Crippen LogP contribution >= 0.6 is 0 Å². The molecular weight excluding hydrogens is 301 g/mol. The first-order chi connectivity index (χ1) is 10.4. The fourth-order valence-electron chi connectivity index (χ4n) is 2.69. The lowest BCUT2D eigenvalue weighted by atomic mass is 10.0. The number of nitrogens with zero attached hydrogens (tertiary/aromatic N) is 1. The molecular formula is C14H19F3N2O3. The highest BCUT2D eigenvalue weighted by molar-refractivity contribution is 5.52. The van der Waals surface area contributed by atoms with Crippen molar-refractivity contribution in [3.8, 4) is 17.2 Å². The minimum Gasteiger partial charge on any atom is -0.508 e. The van der Waals surface area contributed by atoms with Gasteiger partial charge in [-0.25, -0.2) is 0 Å². The maximum atomic E-state index is 13.7. The second kappa shape index (κ2) is 6.62. The molecule has 0 aliphatic carbocycles. The van der Waals surface area contributed by atoms with Crippen molar-refractivity contribution in [2.24, 2.45) is 0 Å². The molecule has 1 heterocycles. The van der Waals surface area contributed by atoms with E-state index in [-0.39, 0.29) is 35.9 Å². The van der Waals surface area contributed by atoms with Gasteiger partial charge in [0.2, 0.25) is 0 Å². The molecule has 1 saturated heterocycles. The number of phenolic OH excluding ortho intramolecular Hbond substituents is 1. The highest BCUT2D eigenvalue weighted by atomic mass is 19.4. The number of aromatic hydroxyl groups is 1. The molecule has 22 heavy (non-hydrogen) atoms. The van der Waals surface area contributed by atoms with Crippen LogP contribution < -0.4 is 14.8 Å². The number of hydrogen-bond donors (Lipinski definition) is 2. The van der Waals surface area contributed by atoms with Gasteiger partial charge in [-0.3, -0.25) is 4.90 Å². The van der Waals surface area contributed by atoms with Crippen molar-refractivity contribution in [2.75, 3.05) is 40.4 Å². The molecule has 1 aliphatic rings. The van der Waals surface area contributed by atoms with Crippen LogP contribution in [-0.4, -0.2) is 56.6 Å². The van der Waals surface area contributed by atoms with E-state index >= 15 is 0 Å². The van der Waals surface area contributed by atoms with Crippen LogP contribution in [0.4, 0.5) is 13.2 Å². The zero-order chi connectivity index (χ0) is 16.3. The van der Waals surface area contributed by atoms with Gasteiger partial charge in [0.15, 0.2) is 0 Å². The third kappa shape index (κ3) is 3.38. The Morgan fingerprint density at radius 1 is 1.14 bits per heavy atom. The minimum atomic E-state index is -4.49. The highest BCUT2D eigenvalue weighted by Crippen LogP contribution is 2.47. The average molecular weight is 320 g/mol. The van der Waals surface area contributed by atoms with Gasteiger partial charge in [0.25, 0.3) is 0 Å². The molecule has 2 N–H and O–H groups in total. The molecule has 1 aromatic rings. The van der Waals surface area contributed by atoms with Crippen LogP contribution in [0.2, 0.25) is 0 Å². The standard InChI is InChI=1S/C14H19F3N2O3/c1-21-10-7-9(20)8-11(22-2)12(10)13(14(15,16)17)19-5-3-18-4-6-19/h7-8,13,18,20H,3-6H2,1-2H3/t13-/m1/s1. The fraction of sp³-hybridized carbons (Fsp3) is 0.571. The van der Waals surface area contributed by atoms with E-state index in [1.807, 2.05) is 0 Å². The predicted molar refractivity (Wildman–Crippen MR) is 74.4 cm³/mol. The van der Waals surface area contributed by atoms with Crippen LogP contribution in [0.5, 0.6) is 17.2 Å². The van der Waals surface area contributed by atoms with Crippen molar-refractivity contribution >= 4 is 0 Å². The zero-order valence-corrected chi connectivity index (χ0v) is 12.4. The highest BCUT2D eigenvalue weighted by Gasteiger charge is 2.47. The number of benzene rings is 1. The van der Waals surface area contributed by atoms with Crippen LogP contribution in [0, 0.1) is 0 Å². The summed E-state index contributed by atoms with van der Waals surface area (Å²) in [6.45, 7) is 1.49. The molecule has 0 spiro atoms. The zero-order valence-electron chi connectivity index (χ0n) is 12.4. The van der Waals surface area contributed by atoms with E-state index in [2.05, 4.69) is 5.32 Å². The number of alkyl halides is 3. The Kier molecular flexibility index (Phi) is 5.02. The molecule has 1 aliphatic heterocycles. The molecule has 0 aromatic heterocycles. The Morgan fingerprint density at radius 2 is 1.64 bits per heavy atom. The Balaban J connectivity index is 2.55. The SMILES string of the molecule is COc1cc(O)cc(OC)c1[C@@H](N1CCNCC1)C(F)(F)F. The van der Waals surface area contributed by atoms with E-state index in [0.29, 0.717) is 13.1 Å². The lowest BCUT2D eigenvalue weighted by Gasteiger charge is -2.37. The first kappa shape index (κ1) is 16.7. The predicted octanol–water partition coefficient (Wildman–Crippen LogP) is 1.92. The van der Waals surface area contributed by atoms with E-state index in [9.17, 15) is 18.3 Å². The molecule has 8 heteroatoms. The summed E-state index contributed by atoms with van der Waals surface area (Å²) >= 11 is 0. The molecule has 1 aromatic carbocycles. The number of halogens is 3. The van der Waals surface area contributed by atoms with E-state index in [0.717, 1.165) is 0 Å². The number of methoxy groups -OCH3 is 2. The summed E-state index contributed by atoms with van der Waals surface area (Å²) in [6.07, 6.45) is -4.49. The fourth-order valence-corrected chi connectivity index (χ4v) is 2.69. The molecule has 1 atom stereocenters. The Hall–Kier alpha value is -1.67. The van der Waals surface area contributed by atoms with Gasteiger partial charge in [-0.2, -0.15) is 13.2 Å². The first-order valence-electron chi connectivity index (χ1n) is 6.85. The summed E-state index contributed by atoms with van der Waals surface area (Å²) in [5, 5.41) is 12.6. The summed E-state index contributed by atoms with van der Waals surface area (Å²) < 4.78 is 51.2. The second-order valence-electron chi connectivity index (χ2n) is 4.99. The van der Waals surface area contributed by atoms with Crippen molar-refractivity contribution < 1.29 is 27.8 Å². The van der Waals surface area contributed by atoms with E-state index < -0.39 is 12.2 Å². The summed E-state index contributed by atoms with van der Waals surface area (Å²) in [7, 11) is 2.53. The van der Waals surface area contributed by atoms with Gasteiger partial charge in [0.05, 0.1) is 19.8 Å². The van der Waals surface area contributed by atoms with Crippen LogP contribution in [0.3, 0.4) is 0 Å². The summed E-state index contributed by atoms with van der Waals surface area (Å²) in [4.78, 5) is 1.34. The Morgan fingerprint density at radius 3 is 2.05 bits per heavy atom. The van der Waals surface area contributed by atoms with Crippen molar-refractivity contribution in [1.82, 2.24) is 10.2 Å². The smallest absolute Gasteiger partial charge is 0.408 e. The van der Waals surface area contributed by atoms with Gasteiger partial charge in [-0.15, -0.1) is 0 Å². The third-order valence-corrected chi connectivity index (χ3v) is 3.63. The number of nitrogens with one attached hydrogen (secondary N) is 1. The average Bonchev–Trinajstić information content (AvgIpc) is 2.48. The van der Waals surface area contributed by atoms with Gasteiger partial charge in [-0.05, 0) is 0 Å². The summed E-state index contributed by atoms with van der Waals surface area (Å²) in [5.74, 6) is -0.297. The van der Waals surface area contributed by atoms with E-state index in [1.165, 1.54) is 31.3 Å². The number of hydrogen-bond acceptors (Lipinski definition) is 5. The first-order valence-corrected chi connectivity index (χ1v) is 6.85. The lowest BCUT2D eigenvalue weighted by Crippen LogP contribution is -2.49. The molecule has 0 saturated carbocycles. The summed E-state index contributed by atoms with van der Waals surface area (Å²) in [5.41, 5.74) is -0.114. The van der Waals surface area contributed by atoms with Crippen LogP contribution in [-0.2, 0) is 0 Å². The second-order valence-corrected chi connectivity index (χ2v) is 4.99. The van der Waals surface area contributed by atoms with E-state index in [4.69, 9.17) is 9.47 Å². The quantitative estimate of drug-likeness (QED) is 0.888. The van der Waals surface area contributed by atoms with Crippen LogP contribution in [0.1, 0.15) is 11.6 Å². The number of piperazine rings is 1. The number of phenols is 1. The Bertz CT molecular complexity index is 492.